The van der Waals surface area contributed by atoms with Crippen molar-refractivity contribution in [2.24, 2.45) is 0 Å². The maximum absolute atomic E-state index is 12.7. The van der Waals surface area contributed by atoms with E-state index in [1.54, 1.807) is 0 Å². The highest BCUT2D eigenvalue weighted by atomic mass is 32.2. The van der Waals surface area contributed by atoms with Crippen LogP contribution in [-0.2, 0) is 30.2 Å². The first-order valence-corrected chi connectivity index (χ1v) is 13.0. The second kappa shape index (κ2) is 7.91. The third-order valence-corrected chi connectivity index (χ3v) is 8.72. The molecule has 6 rings (SSSR count). The minimum atomic E-state index is -1.09. The van der Waals surface area contributed by atoms with Gasteiger partial charge in [-0.2, -0.15) is 4.98 Å². The molecule has 32 heavy (non-hydrogen) atoms. The molecular weight excluding hydrogens is 426 g/mol. The fraction of sp³-hybridized carbons (Fsp3) is 0.636. The van der Waals surface area contributed by atoms with E-state index in [4.69, 9.17) is 19.9 Å². The van der Waals surface area contributed by atoms with Crippen LogP contribution in [0.1, 0.15) is 49.2 Å². The molecule has 0 unspecified atom stereocenters. The first-order chi connectivity index (χ1) is 15.6. The molecule has 0 spiro atoms. The van der Waals surface area contributed by atoms with Crippen LogP contribution in [0.15, 0.2) is 11.1 Å². The number of aliphatic hydroxyl groups excluding tert-OH is 1. The Kier molecular flexibility index (Phi) is 5.02. The highest BCUT2D eigenvalue weighted by molar-refractivity contribution is 7.85. The summed E-state index contributed by atoms with van der Waals surface area (Å²) in [6, 6.07) is 0. The summed E-state index contributed by atoms with van der Waals surface area (Å²) in [7, 11) is -1.09. The number of aliphatic hydroxyl groups is 1. The van der Waals surface area contributed by atoms with Gasteiger partial charge in [-0.25, -0.2) is 9.97 Å². The second-order valence-electron chi connectivity index (χ2n) is 9.35. The number of aryl methyl sites for hydroxylation is 1. The summed E-state index contributed by atoms with van der Waals surface area (Å²) < 4.78 is 12.7. The number of hydrogen-bond acceptors (Lipinski definition) is 9. The molecule has 1 aliphatic carbocycles. The molecule has 2 N–H and O–H groups in total. The number of hydrogen-bond donors (Lipinski definition) is 2. The van der Waals surface area contributed by atoms with Gasteiger partial charge in [-0.15, -0.1) is 0 Å². The van der Waals surface area contributed by atoms with E-state index in [9.17, 15) is 9.32 Å². The van der Waals surface area contributed by atoms with E-state index >= 15 is 0 Å². The van der Waals surface area contributed by atoms with Gasteiger partial charge in [0.25, 0.3) is 0 Å². The van der Waals surface area contributed by atoms with E-state index in [1.165, 1.54) is 12.8 Å². The van der Waals surface area contributed by atoms with Crippen LogP contribution in [-0.4, -0.2) is 66.8 Å². The maximum Gasteiger partial charge on any atom is 0.227 e. The van der Waals surface area contributed by atoms with Crippen molar-refractivity contribution in [1.29, 1.82) is 0 Å². The largest absolute Gasteiger partial charge is 0.394 e. The van der Waals surface area contributed by atoms with Crippen LogP contribution in [0.2, 0.25) is 0 Å². The minimum absolute atomic E-state index is 0.0553. The molecule has 9 nitrogen and oxygen atoms in total. The number of nitrogens with one attached hydrogen (secondary N) is 1. The molecule has 1 saturated heterocycles. The van der Waals surface area contributed by atoms with Gasteiger partial charge < -0.3 is 20.2 Å². The summed E-state index contributed by atoms with van der Waals surface area (Å²) in [4.78, 5) is 24.5. The van der Waals surface area contributed by atoms with Gasteiger partial charge in [0.1, 0.15) is 16.5 Å². The Hall–Kier alpha value is -2.33. The Labute approximate surface area is 190 Å². The lowest BCUT2D eigenvalue weighted by Crippen LogP contribution is -2.48. The predicted molar refractivity (Wildman–Crippen MR) is 123 cm³/mol. The number of fused-ring (bicyclic) bond motifs is 2. The topological polar surface area (TPSA) is 107 Å². The zero-order valence-electron chi connectivity index (χ0n) is 18.2. The Balaban J connectivity index is 1.29. The molecule has 2 aromatic heterocycles. The molecule has 2 aromatic rings. The summed E-state index contributed by atoms with van der Waals surface area (Å²) in [5, 5.41) is 13.4. The summed E-state index contributed by atoms with van der Waals surface area (Å²) in [6.07, 6.45) is 8.72. The van der Waals surface area contributed by atoms with Crippen molar-refractivity contribution in [2.75, 3.05) is 47.1 Å². The zero-order chi connectivity index (χ0) is 21.7. The molecule has 1 atom stereocenters. The smallest absolute Gasteiger partial charge is 0.227 e. The fourth-order valence-electron chi connectivity index (χ4n) is 5.13. The average Bonchev–Trinajstić information content (AvgIpc) is 3.46. The molecule has 0 amide bonds. The van der Waals surface area contributed by atoms with Crippen molar-refractivity contribution >= 4 is 28.4 Å². The highest BCUT2D eigenvalue weighted by Crippen LogP contribution is 2.38. The summed E-state index contributed by atoms with van der Waals surface area (Å²) in [6.45, 7) is 3.58. The van der Waals surface area contributed by atoms with Crippen molar-refractivity contribution in [3.05, 3.63) is 23.3 Å². The molecule has 0 aromatic carbocycles. The van der Waals surface area contributed by atoms with E-state index in [0.717, 1.165) is 73.1 Å². The van der Waals surface area contributed by atoms with Crippen molar-refractivity contribution in [2.45, 2.75) is 61.9 Å². The van der Waals surface area contributed by atoms with Crippen molar-refractivity contribution in [3.63, 3.8) is 0 Å². The van der Waals surface area contributed by atoms with Gasteiger partial charge in [-0.1, -0.05) is 0 Å². The van der Waals surface area contributed by atoms with E-state index in [1.807, 2.05) is 6.20 Å². The van der Waals surface area contributed by atoms with Crippen LogP contribution >= 0.6 is 0 Å². The van der Waals surface area contributed by atoms with Crippen LogP contribution in [0.3, 0.4) is 0 Å². The summed E-state index contributed by atoms with van der Waals surface area (Å²) in [5.41, 5.74) is 2.56. The highest BCUT2D eigenvalue weighted by Gasteiger charge is 2.39. The monoisotopic (exact) mass is 455 g/mol. The van der Waals surface area contributed by atoms with Crippen LogP contribution < -0.4 is 15.1 Å². The third kappa shape index (κ3) is 3.44. The Morgan fingerprint density at radius 1 is 1.00 bits per heavy atom. The summed E-state index contributed by atoms with van der Waals surface area (Å²) in [5.74, 6) is 2.86. The first kappa shape index (κ1) is 20.3. The minimum Gasteiger partial charge on any atom is -0.394 e. The van der Waals surface area contributed by atoms with E-state index in [2.05, 4.69) is 15.1 Å². The van der Waals surface area contributed by atoms with Crippen LogP contribution in [0.25, 0.3) is 0 Å². The van der Waals surface area contributed by atoms with Gasteiger partial charge in [0.2, 0.25) is 5.95 Å². The van der Waals surface area contributed by atoms with E-state index < -0.39 is 10.8 Å². The van der Waals surface area contributed by atoms with Gasteiger partial charge >= 0.3 is 0 Å². The quantitative estimate of drug-likeness (QED) is 0.692. The molecule has 4 aliphatic rings. The number of nitrogens with zero attached hydrogens (tertiary/aromatic N) is 6. The fourth-order valence-corrected chi connectivity index (χ4v) is 6.44. The van der Waals surface area contributed by atoms with E-state index in [-0.39, 0.29) is 12.1 Å². The Morgan fingerprint density at radius 2 is 1.84 bits per heavy atom. The molecule has 3 aliphatic heterocycles. The van der Waals surface area contributed by atoms with Crippen molar-refractivity contribution in [1.82, 2.24) is 19.9 Å². The van der Waals surface area contributed by atoms with Crippen LogP contribution in [0, 0.1) is 0 Å². The number of anilines is 3. The number of aromatic nitrogens is 4. The molecule has 2 fully saturated rings. The first-order valence-electron chi connectivity index (χ1n) is 11.7. The maximum atomic E-state index is 12.7. The Morgan fingerprint density at radius 3 is 2.59 bits per heavy atom. The standard InChI is InChI=1S/C22H29N7O2S/c30-14-22(6-3-7-22)27-20-19-16(5-11-32(19)31)25-21(26-20)29-10-4-15-17(13-29)23-12-18(24-15)28-8-1-2-9-28/h12,30H,1-11,13-14H2,(H,25,26,27)/t32-/m0/s1. The van der Waals surface area contributed by atoms with Gasteiger partial charge in [0, 0.05) is 38.2 Å². The van der Waals surface area contributed by atoms with Gasteiger partial charge in [-0.05, 0) is 32.1 Å². The molecule has 170 valence electrons. The predicted octanol–water partition coefficient (Wildman–Crippen LogP) is 1.42. The van der Waals surface area contributed by atoms with E-state index in [0.29, 0.717) is 30.5 Å². The average molecular weight is 456 g/mol. The third-order valence-electron chi connectivity index (χ3n) is 7.26. The lowest BCUT2D eigenvalue weighted by Gasteiger charge is -2.41. The lowest BCUT2D eigenvalue weighted by atomic mass is 9.77. The molecule has 0 radical (unpaired) electrons. The molecule has 5 heterocycles. The van der Waals surface area contributed by atoms with Gasteiger partial charge in [0.15, 0.2) is 0 Å². The second-order valence-corrected chi connectivity index (χ2v) is 10.9. The molecule has 10 heteroatoms. The van der Waals surface area contributed by atoms with Crippen LogP contribution in [0.4, 0.5) is 17.6 Å². The zero-order valence-corrected chi connectivity index (χ0v) is 19.0. The number of rotatable bonds is 5. The van der Waals surface area contributed by atoms with Gasteiger partial charge in [-0.3, -0.25) is 9.19 Å². The molecule has 0 bridgehead atoms. The van der Waals surface area contributed by atoms with Crippen LogP contribution in [0.5, 0.6) is 0 Å². The normalized spacial score (nSPS) is 23.6. The van der Waals surface area contributed by atoms with Gasteiger partial charge in [0.05, 0.1) is 52.8 Å². The van der Waals surface area contributed by atoms with Crippen molar-refractivity contribution < 1.29 is 9.32 Å². The lowest BCUT2D eigenvalue weighted by molar-refractivity contribution is 0.143. The Bertz CT molecular complexity index is 1060. The SMILES string of the molecule is O=[S@]1CCc2nc(N3CCc4nc(N5CCCC5)cnc4C3)nc(NC3(CO)CCC3)c21. The summed E-state index contributed by atoms with van der Waals surface area (Å²) >= 11 is 0. The molecule has 1 saturated carbocycles. The molecular formula is C22H29N7O2S. The van der Waals surface area contributed by atoms with Crippen molar-refractivity contribution in [3.8, 4) is 0 Å².